The fraction of sp³-hybridized carbons (Fsp3) is 0.154. The molecule has 5 heteroatoms. The summed E-state index contributed by atoms with van der Waals surface area (Å²) in [7, 11) is 1.58. The largest absolute Gasteiger partial charge is 0.497 e. The van der Waals surface area contributed by atoms with E-state index in [1.54, 1.807) is 13.2 Å². The lowest BCUT2D eigenvalue weighted by molar-refractivity contribution is -0.132. The molecule has 1 aromatic carbocycles. The smallest absolute Gasteiger partial charge is 0.331 e. The molecular formula is C13H12ClNO3. The second-order valence-corrected chi connectivity index (χ2v) is 4.27. The monoisotopic (exact) mass is 265 g/mol. The fourth-order valence-electron chi connectivity index (χ4n) is 1.71. The number of aromatic amines is 1. The zero-order chi connectivity index (χ0) is 13.3. The molecule has 0 radical (unpaired) electrons. The van der Waals surface area contributed by atoms with Crippen molar-refractivity contribution in [3.05, 3.63) is 34.5 Å². The number of aromatic nitrogens is 1. The third-order valence-electron chi connectivity index (χ3n) is 2.70. The molecule has 0 aliphatic carbocycles. The van der Waals surface area contributed by atoms with Crippen LogP contribution in [0.25, 0.3) is 17.0 Å². The average Bonchev–Trinajstić information content (AvgIpc) is 2.65. The topological polar surface area (TPSA) is 62.3 Å². The van der Waals surface area contributed by atoms with Crippen molar-refractivity contribution in [2.24, 2.45) is 0 Å². The van der Waals surface area contributed by atoms with Crippen molar-refractivity contribution in [3.8, 4) is 5.75 Å². The summed E-state index contributed by atoms with van der Waals surface area (Å²) in [6, 6.07) is 5.47. The molecule has 0 saturated carbocycles. The molecule has 0 unspecified atom stereocenters. The van der Waals surface area contributed by atoms with E-state index in [9.17, 15) is 4.79 Å². The lowest BCUT2D eigenvalue weighted by Crippen LogP contribution is -1.95. The van der Waals surface area contributed by atoms with E-state index >= 15 is 0 Å². The van der Waals surface area contributed by atoms with Gasteiger partial charge in [-0.2, -0.15) is 0 Å². The summed E-state index contributed by atoms with van der Waals surface area (Å²) in [6.07, 6.45) is 1.54. The number of H-pyrrole nitrogens is 1. The molecule has 18 heavy (non-hydrogen) atoms. The lowest BCUT2D eigenvalue weighted by Gasteiger charge is -2.00. The third kappa shape index (κ3) is 2.19. The van der Waals surface area contributed by atoms with Crippen molar-refractivity contribution in [3.63, 3.8) is 0 Å². The first kappa shape index (κ1) is 12.5. The highest BCUT2D eigenvalue weighted by Crippen LogP contribution is 2.31. The zero-order valence-corrected chi connectivity index (χ0v) is 10.7. The fourth-order valence-corrected chi connectivity index (χ4v) is 1.96. The minimum atomic E-state index is -0.969. The molecule has 0 aliphatic heterocycles. The highest BCUT2D eigenvalue weighted by molar-refractivity contribution is 6.33. The van der Waals surface area contributed by atoms with Crippen LogP contribution in [-0.2, 0) is 4.79 Å². The Hall–Kier alpha value is -1.94. The van der Waals surface area contributed by atoms with E-state index in [0.717, 1.165) is 10.9 Å². The van der Waals surface area contributed by atoms with E-state index in [1.165, 1.54) is 6.92 Å². The van der Waals surface area contributed by atoms with E-state index in [4.69, 9.17) is 21.4 Å². The molecule has 0 atom stereocenters. The van der Waals surface area contributed by atoms with E-state index in [1.807, 2.05) is 18.2 Å². The van der Waals surface area contributed by atoms with Crippen LogP contribution in [0.4, 0.5) is 0 Å². The van der Waals surface area contributed by atoms with Crippen molar-refractivity contribution >= 4 is 34.5 Å². The quantitative estimate of drug-likeness (QED) is 0.837. The van der Waals surface area contributed by atoms with Crippen molar-refractivity contribution in [1.29, 1.82) is 0 Å². The maximum Gasteiger partial charge on any atom is 0.331 e. The number of aliphatic carboxylic acids is 1. The Balaban J connectivity index is 2.65. The second kappa shape index (κ2) is 4.74. The van der Waals surface area contributed by atoms with Crippen LogP contribution in [0.2, 0.25) is 5.15 Å². The molecule has 0 fully saturated rings. The molecule has 94 valence electrons. The number of nitrogens with one attached hydrogen (secondary N) is 1. The molecular weight excluding hydrogens is 254 g/mol. The van der Waals surface area contributed by atoms with Gasteiger partial charge in [-0.05, 0) is 31.2 Å². The number of carboxylic acids is 1. The number of fused-ring (bicyclic) bond motifs is 1. The standard InChI is InChI=1S/C13H12ClNO3/c1-7(13(16)17)5-10-9-6-8(18-2)3-4-11(9)15-12(10)14/h3-6,15H,1-2H3,(H,16,17)/b7-5+. The Bertz CT molecular complexity index is 643. The van der Waals surface area contributed by atoms with E-state index in [-0.39, 0.29) is 5.57 Å². The van der Waals surface area contributed by atoms with Gasteiger partial charge in [0.1, 0.15) is 10.9 Å². The van der Waals surface area contributed by atoms with Crippen LogP contribution in [0.15, 0.2) is 23.8 Å². The highest BCUT2D eigenvalue weighted by Gasteiger charge is 2.10. The van der Waals surface area contributed by atoms with Gasteiger partial charge in [-0.1, -0.05) is 11.6 Å². The molecule has 2 aromatic rings. The number of carboxylic acid groups (broad SMARTS) is 1. The predicted molar refractivity (Wildman–Crippen MR) is 71.1 cm³/mol. The lowest BCUT2D eigenvalue weighted by atomic mass is 10.1. The van der Waals surface area contributed by atoms with Crippen LogP contribution in [0, 0.1) is 0 Å². The summed E-state index contributed by atoms with van der Waals surface area (Å²) < 4.78 is 5.14. The SMILES string of the molecule is COc1ccc2[nH]c(Cl)c(/C=C(\C)C(=O)O)c2c1. The summed E-state index contributed by atoms with van der Waals surface area (Å²) in [5, 5.41) is 10.1. The van der Waals surface area contributed by atoms with Crippen molar-refractivity contribution < 1.29 is 14.6 Å². The first-order valence-electron chi connectivity index (χ1n) is 5.29. The molecule has 2 rings (SSSR count). The van der Waals surface area contributed by atoms with E-state index in [0.29, 0.717) is 16.5 Å². The van der Waals surface area contributed by atoms with E-state index in [2.05, 4.69) is 4.98 Å². The number of hydrogen-bond donors (Lipinski definition) is 2. The van der Waals surface area contributed by atoms with Crippen molar-refractivity contribution in [1.82, 2.24) is 4.98 Å². The molecule has 4 nitrogen and oxygen atoms in total. The van der Waals surface area contributed by atoms with Gasteiger partial charge in [-0.3, -0.25) is 0 Å². The molecule has 1 aromatic heterocycles. The van der Waals surface area contributed by atoms with Gasteiger partial charge in [0.25, 0.3) is 0 Å². The Morgan fingerprint density at radius 1 is 1.50 bits per heavy atom. The zero-order valence-electron chi connectivity index (χ0n) is 9.95. The second-order valence-electron chi connectivity index (χ2n) is 3.90. The number of hydrogen-bond acceptors (Lipinski definition) is 2. The van der Waals surface area contributed by atoms with Gasteiger partial charge in [-0.25, -0.2) is 4.79 Å². The normalized spacial score (nSPS) is 11.8. The number of ether oxygens (including phenoxy) is 1. The molecule has 0 spiro atoms. The van der Waals surface area contributed by atoms with Gasteiger partial charge >= 0.3 is 5.97 Å². The highest BCUT2D eigenvalue weighted by atomic mass is 35.5. The number of methoxy groups -OCH3 is 1. The van der Waals surface area contributed by atoms with Gasteiger partial charge < -0.3 is 14.8 Å². The Labute approximate surface area is 109 Å². The average molecular weight is 266 g/mol. The van der Waals surface area contributed by atoms with E-state index < -0.39 is 5.97 Å². The van der Waals surface area contributed by atoms with Crippen LogP contribution < -0.4 is 4.74 Å². The minimum Gasteiger partial charge on any atom is -0.497 e. The molecule has 2 N–H and O–H groups in total. The van der Waals surface area contributed by atoms with Gasteiger partial charge in [0, 0.05) is 22.0 Å². The maximum absolute atomic E-state index is 10.8. The van der Waals surface area contributed by atoms with Crippen LogP contribution in [-0.4, -0.2) is 23.2 Å². The summed E-state index contributed by atoms with van der Waals surface area (Å²) in [5.41, 5.74) is 1.72. The summed E-state index contributed by atoms with van der Waals surface area (Å²) >= 11 is 6.08. The van der Waals surface area contributed by atoms with Gasteiger partial charge in [-0.15, -0.1) is 0 Å². The first-order chi connectivity index (χ1) is 8.52. The summed E-state index contributed by atoms with van der Waals surface area (Å²) in [6.45, 7) is 1.53. The van der Waals surface area contributed by atoms with Crippen LogP contribution in [0.3, 0.4) is 0 Å². The molecule has 0 bridgehead atoms. The first-order valence-corrected chi connectivity index (χ1v) is 5.67. The van der Waals surface area contributed by atoms with Gasteiger partial charge in [0.2, 0.25) is 0 Å². The maximum atomic E-state index is 10.8. The van der Waals surface area contributed by atoms with Gasteiger partial charge in [0.05, 0.1) is 7.11 Å². The Morgan fingerprint density at radius 2 is 2.22 bits per heavy atom. The van der Waals surface area contributed by atoms with Crippen LogP contribution in [0.5, 0.6) is 5.75 Å². The molecule has 1 heterocycles. The van der Waals surface area contributed by atoms with Gasteiger partial charge in [0.15, 0.2) is 0 Å². The number of carbonyl (C=O) groups is 1. The number of benzene rings is 1. The summed E-state index contributed by atoms with van der Waals surface area (Å²) in [5.74, 6) is -0.274. The third-order valence-corrected chi connectivity index (χ3v) is 2.99. The summed E-state index contributed by atoms with van der Waals surface area (Å²) in [4.78, 5) is 13.8. The Kier molecular flexibility index (Phi) is 3.30. The minimum absolute atomic E-state index is 0.223. The van der Waals surface area contributed by atoms with Crippen molar-refractivity contribution in [2.45, 2.75) is 6.92 Å². The van der Waals surface area contributed by atoms with Crippen LogP contribution >= 0.6 is 11.6 Å². The van der Waals surface area contributed by atoms with Crippen molar-refractivity contribution in [2.75, 3.05) is 7.11 Å². The Morgan fingerprint density at radius 3 is 2.83 bits per heavy atom. The number of rotatable bonds is 3. The van der Waals surface area contributed by atoms with Crippen LogP contribution in [0.1, 0.15) is 12.5 Å². The predicted octanol–water partition coefficient (Wildman–Crippen LogP) is 3.32. The molecule has 0 amide bonds. The molecule has 0 saturated heterocycles. The molecule has 0 aliphatic rings. The number of halogens is 1.